The number of nitrogens with zero attached hydrogens (tertiary/aromatic N) is 2. The molecule has 0 unspecified atom stereocenters. The number of piperidine rings is 1. The summed E-state index contributed by atoms with van der Waals surface area (Å²) in [6.45, 7) is 3.20. The van der Waals surface area contributed by atoms with E-state index in [1.54, 1.807) is 0 Å². The molecule has 1 saturated carbocycles. The molecule has 0 N–H and O–H groups in total. The highest BCUT2D eigenvalue weighted by Crippen LogP contribution is 2.46. The molecule has 1 spiro atoms. The van der Waals surface area contributed by atoms with E-state index in [2.05, 4.69) is 29.2 Å². The summed E-state index contributed by atoms with van der Waals surface area (Å²) in [5.41, 5.74) is 1.28. The molecule has 4 heteroatoms. The van der Waals surface area contributed by atoms with Crippen LogP contribution in [0.1, 0.15) is 44.1 Å². The summed E-state index contributed by atoms with van der Waals surface area (Å²) < 4.78 is 0. The van der Waals surface area contributed by atoms with Crippen LogP contribution in [0.3, 0.4) is 0 Å². The summed E-state index contributed by atoms with van der Waals surface area (Å²) in [6.07, 6.45) is 10.4. The van der Waals surface area contributed by atoms with Gasteiger partial charge in [-0.3, -0.25) is 9.59 Å². The van der Waals surface area contributed by atoms with E-state index < -0.39 is 0 Å². The van der Waals surface area contributed by atoms with Crippen molar-refractivity contribution in [2.24, 2.45) is 23.2 Å². The third-order valence-electron chi connectivity index (χ3n) is 7.65. The first-order chi connectivity index (χ1) is 13.6. The summed E-state index contributed by atoms with van der Waals surface area (Å²) in [6, 6.07) is 10.2. The Morgan fingerprint density at radius 2 is 1.86 bits per heavy atom. The molecular weight excluding hydrogens is 348 g/mol. The standard InChI is InChI=1S/C24H30N2O2/c27-22(14-21-13-19-6-7-20(21)12-19)25-10-8-24(9-11-25)15-23(28)26(17-24)16-18-4-2-1-3-5-18/h1-7,19-21H,8-17H2/t19-,20+,21+/m1/s1. The van der Waals surface area contributed by atoms with Crippen LogP contribution in [0.2, 0.25) is 0 Å². The maximum atomic E-state index is 12.8. The zero-order chi connectivity index (χ0) is 19.1. The quantitative estimate of drug-likeness (QED) is 0.751. The van der Waals surface area contributed by atoms with E-state index in [4.69, 9.17) is 0 Å². The highest BCUT2D eigenvalue weighted by Gasteiger charge is 2.45. The second-order valence-corrected chi connectivity index (χ2v) is 9.54. The second kappa shape index (κ2) is 7.06. The Bertz CT molecular complexity index is 779. The van der Waals surface area contributed by atoms with Gasteiger partial charge in [-0.05, 0) is 49.0 Å². The van der Waals surface area contributed by atoms with Crippen molar-refractivity contribution in [3.63, 3.8) is 0 Å². The zero-order valence-electron chi connectivity index (χ0n) is 16.6. The smallest absolute Gasteiger partial charge is 0.223 e. The number of rotatable bonds is 4. The van der Waals surface area contributed by atoms with E-state index in [1.165, 1.54) is 18.4 Å². The van der Waals surface area contributed by atoms with Gasteiger partial charge in [-0.1, -0.05) is 42.5 Å². The predicted octanol–water partition coefficient (Wildman–Crippen LogP) is 3.63. The maximum absolute atomic E-state index is 12.8. The molecule has 4 aliphatic rings. The van der Waals surface area contributed by atoms with Crippen molar-refractivity contribution >= 4 is 11.8 Å². The van der Waals surface area contributed by atoms with E-state index in [0.29, 0.717) is 30.7 Å². The average Bonchev–Trinajstić information content (AvgIpc) is 3.39. The van der Waals surface area contributed by atoms with Gasteiger partial charge in [-0.15, -0.1) is 0 Å². The molecular formula is C24H30N2O2. The summed E-state index contributed by atoms with van der Waals surface area (Å²) in [4.78, 5) is 29.5. The Labute approximate surface area is 167 Å². The number of amides is 2. The molecule has 0 radical (unpaired) electrons. The normalized spacial score (nSPS) is 30.6. The number of hydrogen-bond acceptors (Lipinski definition) is 2. The molecule has 2 bridgehead atoms. The number of carbonyl (C=O) groups is 2. The van der Waals surface area contributed by atoms with Crippen LogP contribution in [0.4, 0.5) is 0 Å². The van der Waals surface area contributed by atoms with Crippen molar-refractivity contribution in [2.45, 2.75) is 45.1 Å². The molecule has 148 valence electrons. The van der Waals surface area contributed by atoms with Gasteiger partial charge in [0.05, 0.1) is 0 Å². The minimum absolute atomic E-state index is 0.0812. The van der Waals surface area contributed by atoms with Gasteiger partial charge in [-0.25, -0.2) is 0 Å². The molecule has 2 heterocycles. The first-order valence-corrected chi connectivity index (χ1v) is 10.9. The number of likely N-dealkylation sites (tertiary alicyclic amines) is 2. The zero-order valence-corrected chi connectivity index (χ0v) is 16.6. The monoisotopic (exact) mass is 378 g/mol. The van der Waals surface area contributed by atoms with E-state index in [9.17, 15) is 9.59 Å². The topological polar surface area (TPSA) is 40.6 Å². The van der Waals surface area contributed by atoms with Gasteiger partial charge in [-0.2, -0.15) is 0 Å². The number of hydrogen-bond donors (Lipinski definition) is 0. The van der Waals surface area contributed by atoms with Crippen molar-refractivity contribution in [1.29, 1.82) is 0 Å². The summed E-state index contributed by atoms with van der Waals surface area (Å²) >= 11 is 0. The van der Waals surface area contributed by atoms with Gasteiger partial charge < -0.3 is 9.80 Å². The Morgan fingerprint density at radius 3 is 2.54 bits per heavy atom. The van der Waals surface area contributed by atoms with E-state index in [-0.39, 0.29) is 11.3 Å². The van der Waals surface area contributed by atoms with Gasteiger partial charge in [0.25, 0.3) is 0 Å². The van der Waals surface area contributed by atoms with Crippen LogP contribution in [0.25, 0.3) is 0 Å². The first-order valence-electron chi connectivity index (χ1n) is 10.9. The number of fused-ring (bicyclic) bond motifs is 2. The van der Waals surface area contributed by atoms with Crippen LogP contribution in [-0.4, -0.2) is 41.2 Å². The SMILES string of the molecule is O=C(C[C@@H]1C[C@@H]2C=C[C@H]1C2)N1CCC2(CC1)CC(=O)N(Cc1ccccc1)C2. The van der Waals surface area contributed by atoms with E-state index in [0.717, 1.165) is 44.8 Å². The van der Waals surface area contributed by atoms with Crippen LogP contribution >= 0.6 is 0 Å². The fourth-order valence-corrected chi connectivity index (χ4v) is 5.98. The van der Waals surface area contributed by atoms with Crippen LogP contribution in [0.15, 0.2) is 42.5 Å². The Balaban J connectivity index is 1.15. The highest BCUT2D eigenvalue weighted by molar-refractivity contribution is 5.80. The minimum atomic E-state index is 0.0812. The van der Waals surface area contributed by atoms with E-state index >= 15 is 0 Å². The van der Waals surface area contributed by atoms with Crippen LogP contribution < -0.4 is 0 Å². The lowest BCUT2D eigenvalue weighted by atomic mass is 9.77. The molecule has 3 fully saturated rings. The van der Waals surface area contributed by atoms with Gasteiger partial charge in [0.2, 0.25) is 11.8 Å². The summed E-state index contributed by atoms with van der Waals surface area (Å²) in [5, 5.41) is 0. The molecule has 5 rings (SSSR count). The largest absolute Gasteiger partial charge is 0.343 e. The molecule has 2 aliphatic carbocycles. The van der Waals surface area contributed by atoms with Crippen molar-refractivity contribution in [3.8, 4) is 0 Å². The first kappa shape index (κ1) is 18.0. The van der Waals surface area contributed by atoms with Gasteiger partial charge in [0.1, 0.15) is 0 Å². The van der Waals surface area contributed by atoms with Gasteiger partial charge in [0.15, 0.2) is 0 Å². The fraction of sp³-hybridized carbons (Fsp3) is 0.583. The van der Waals surface area contributed by atoms with Gasteiger partial charge in [0, 0.05) is 44.4 Å². The Morgan fingerprint density at radius 1 is 1.07 bits per heavy atom. The van der Waals surface area contributed by atoms with Crippen molar-refractivity contribution in [2.75, 3.05) is 19.6 Å². The van der Waals surface area contributed by atoms with Crippen molar-refractivity contribution in [1.82, 2.24) is 9.80 Å². The van der Waals surface area contributed by atoms with Crippen LogP contribution in [-0.2, 0) is 16.1 Å². The molecule has 2 aliphatic heterocycles. The Hall–Kier alpha value is -2.10. The summed E-state index contributed by atoms with van der Waals surface area (Å²) in [5.74, 6) is 2.55. The van der Waals surface area contributed by atoms with Crippen molar-refractivity contribution < 1.29 is 9.59 Å². The van der Waals surface area contributed by atoms with E-state index in [1.807, 2.05) is 23.1 Å². The Kier molecular flexibility index (Phi) is 4.53. The lowest BCUT2D eigenvalue weighted by Gasteiger charge is -2.39. The minimum Gasteiger partial charge on any atom is -0.343 e. The average molecular weight is 379 g/mol. The molecule has 1 aromatic carbocycles. The predicted molar refractivity (Wildman–Crippen MR) is 108 cm³/mol. The number of allylic oxidation sites excluding steroid dienone is 2. The second-order valence-electron chi connectivity index (χ2n) is 9.54. The molecule has 1 aromatic rings. The van der Waals surface area contributed by atoms with Crippen LogP contribution in [0.5, 0.6) is 0 Å². The molecule has 4 nitrogen and oxygen atoms in total. The van der Waals surface area contributed by atoms with Crippen LogP contribution in [0, 0.1) is 23.2 Å². The van der Waals surface area contributed by atoms with Gasteiger partial charge >= 0.3 is 0 Å². The molecule has 28 heavy (non-hydrogen) atoms. The fourth-order valence-electron chi connectivity index (χ4n) is 5.98. The lowest BCUT2D eigenvalue weighted by molar-refractivity contribution is -0.134. The molecule has 2 amide bonds. The summed E-state index contributed by atoms with van der Waals surface area (Å²) in [7, 11) is 0. The maximum Gasteiger partial charge on any atom is 0.223 e. The molecule has 2 saturated heterocycles. The third kappa shape index (κ3) is 3.38. The van der Waals surface area contributed by atoms with Crippen molar-refractivity contribution in [3.05, 3.63) is 48.0 Å². The molecule has 3 atom stereocenters. The number of carbonyl (C=O) groups excluding carboxylic acids is 2. The third-order valence-corrected chi connectivity index (χ3v) is 7.65. The highest BCUT2D eigenvalue weighted by atomic mass is 16.2. The molecule has 0 aromatic heterocycles. The lowest BCUT2D eigenvalue weighted by Crippen LogP contribution is -2.44. The number of benzene rings is 1.